The normalized spacial score (nSPS) is 9.75. The van der Waals surface area contributed by atoms with Crippen LogP contribution >= 0.6 is 11.3 Å². The fourth-order valence-corrected chi connectivity index (χ4v) is 2.08. The van der Waals surface area contributed by atoms with E-state index in [0.717, 1.165) is 6.54 Å². The zero-order valence-electron chi connectivity index (χ0n) is 8.77. The topological polar surface area (TPSA) is 61.6 Å². The predicted octanol–water partition coefficient (Wildman–Crippen LogP) is 2.33. The van der Waals surface area contributed by atoms with Crippen LogP contribution in [0.4, 0.5) is 5.82 Å². The third-order valence-electron chi connectivity index (χ3n) is 2.16. The maximum Gasteiger partial charge on any atom is 0.158 e. The molecule has 0 fully saturated rings. The van der Waals surface area contributed by atoms with Gasteiger partial charge in [0, 0.05) is 4.88 Å². The number of hydrogen-bond acceptors (Lipinski definition) is 5. The lowest BCUT2D eigenvalue weighted by atomic mass is 10.3. The van der Waals surface area contributed by atoms with Crippen LogP contribution in [0.3, 0.4) is 0 Å². The minimum Gasteiger partial charge on any atom is -0.364 e. The van der Waals surface area contributed by atoms with Crippen LogP contribution < -0.4 is 5.32 Å². The SMILES string of the molecule is Cc1ccsc1CNc1cnc(C#N)cn1. The number of nitrogens with zero attached hydrogens (tertiary/aromatic N) is 3. The second-order valence-electron chi connectivity index (χ2n) is 3.28. The van der Waals surface area contributed by atoms with Crippen molar-refractivity contribution in [3.05, 3.63) is 40.0 Å². The Balaban J connectivity index is 2.00. The summed E-state index contributed by atoms with van der Waals surface area (Å²) in [7, 11) is 0. The van der Waals surface area contributed by atoms with Crippen molar-refractivity contribution >= 4 is 17.2 Å². The van der Waals surface area contributed by atoms with E-state index in [4.69, 9.17) is 5.26 Å². The highest BCUT2D eigenvalue weighted by Crippen LogP contribution is 2.16. The van der Waals surface area contributed by atoms with Crippen LogP contribution in [0.5, 0.6) is 0 Å². The quantitative estimate of drug-likeness (QED) is 0.879. The van der Waals surface area contributed by atoms with Gasteiger partial charge in [0.15, 0.2) is 5.69 Å². The molecule has 0 unspecified atom stereocenters. The number of rotatable bonds is 3. The molecule has 0 saturated heterocycles. The van der Waals surface area contributed by atoms with E-state index in [1.807, 2.05) is 6.07 Å². The zero-order chi connectivity index (χ0) is 11.4. The summed E-state index contributed by atoms with van der Waals surface area (Å²) in [4.78, 5) is 9.31. The molecule has 2 aromatic heterocycles. The maximum atomic E-state index is 8.57. The summed E-state index contributed by atoms with van der Waals surface area (Å²) in [5, 5.41) is 13.8. The highest BCUT2D eigenvalue weighted by molar-refractivity contribution is 7.10. The van der Waals surface area contributed by atoms with Crippen LogP contribution in [0.15, 0.2) is 23.8 Å². The van der Waals surface area contributed by atoms with Gasteiger partial charge in [0.2, 0.25) is 0 Å². The van der Waals surface area contributed by atoms with E-state index in [1.54, 1.807) is 17.5 Å². The van der Waals surface area contributed by atoms with Gasteiger partial charge in [0.1, 0.15) is 11.9 Å². The molecule has 1 N–H and O–H groups in total. The van der Waals surface area contributed by atoms with Gasteiger partial charge in [-0.15, -0.1) is 11.3 Å². The molecule has 0 spiro atoms. The first-order chi connectivity index (χ1) is 7.79. The number of hydrogen-bond donors (Lipinski definition) is 1. The van der Waals surface area contributed by atoms with Crippen LogP contribution in [0.2, 0.25) is 0 Å². The van der Waals surface area contributed by atoms with E-state index >= 15 is 0 Å². The number of nitriles is 1. The second-order valence-corrected chi connectivity index (χ2v) is 4.28. The Kier molecular flexibility index (Phi) is 3.13. The van der Waals surface area contributed by atoms with Crippen LogP contribution in [-0.2, 0) is 6.54 Å². The van der Waals surface area contributed by atoms with Gasteiger partial charge in [-0.2, -0.15) is 5.26 Å². The molecule has 2 rings (SSSR count). The highest BCUT2D eigenvalue weighted by atomic mass is 32.1. The minimum absolute atomic E-state index is 0.331. The van der Waals surface area contributed by atoms with E-state index in [1.165, 1.54) is 16.6 Å². The largest absolute Gasteiger partial charge is 0.364 e. The Morgan fingerprint density at radius 2 is 2.31 bits per heavy atom. The molecule has 16 heavy (non-hydrogen) atoms. The summed E-state index contributed by atoms with van der Waals surface area (Å²) < 4.78 is 0. The predicted molar refractivity (Wildman–Crippen MR) is 63.1 cm³/mol. The molecule has 2 heterocycles. The third kappa shape index (κ3) is 2.35. The van der Waals surface area contributed by atoms with Crippen molar-refractivity contribution in [3.8, 4) is 6.07 Å². The van der Waals surface area contributed by atoms with Crippen molar-refractivity contribution in [3.63, 3.8) is 0 Å². The summed E-state index contributed by atoms with van der Waals surface area (Å²) in [6.45, 7) is 2.82. The van der Waals surface area contributed by atoms with E-state index in [-0.39, 0.29) is 0 Å². The van der Waals surface area contributed by atoms with Crippen molar-refractivity contribution in [2.75, 3.05) is 5.32 Å². The number of nitrogens with one attached hydrogen (secondary N) is 1. The molecule has 0 bridgehead atoms. The lowest BCUT2D eigenvalue weighted by Gasteiger charge is -2.03. The molecule has 0 saturated carbocycles. The molecule has 4 nitrogen and oxygen atoms in total. The minimum atomic E-state index is 0.331. The van der Waals surface area contributed by atoms with Crippen molar-refractivity contribution in [1.29, 1.82) is 5.26 Å². The first kappa shape index (κ1) is 10.6. The van der Waals surface area contributed by atoms with Gasteiger partial charge in [-0.3, -0.25) is 0 Å². The van der Waals surface area contributed by atoms with Gasteiger partial charge in [-0.05, 0) is 23.9 Å². The first-order valence-electron chi connectivity index (χ1n) is 4.78. The number of anilines is 1. The van der Waals surface area contributed by atoms with Crippen molar-refractivity contribution < 1.29 is 0 Å². The molecule has 0 atom stereocenters. The summed E-state index contributed by atoms with van der Waals surface area (Å²) in [6, 6.07) is 4.02. The molecule has 0 aromatic carbocycles. The van der Waals surface area contributed by atoms with Gasteiger partial charge in [-0.25, -0.2) is 9.97 Å². The Bertz CT molecular complexity index is 510. The zero-order valence-corrected chi connectivity index (χ0v) is 9.58. The lowest BCUT2D eigenvalue weighted by molar-refractivity contribution is 1.09. The van der Waals surface area contributed by atoms with Crippen molar-refractivity contribution in [1.82, 2.24) is 9.97 Å². The summed E-state index contributed by atoms with van der Waals surface area (Å²) >= 11 is 1.71. The van der Waals surface area contributed by atoms with Gasteiger partial charge in [0.05, 0.1) is 18.9 Å². The molecule has 0 aliphatic rings. The van der Waals surface area contributed by atoms with Crippen molar-refractivity contribution in [2.45, 2.75) is 13.5 Å². The lowest BCUT2D eigenvalue weighted by Crippen LogP contribution is -2.01. The molecule has 2 aromatic rings. The average Bonchev–Trinajstić information content (AvgIpc) is 2.73. The number of aromatic nitrogens is 2. The molecule has 0 amide bonds. The van der Waals surface area contributed by atoms with Crippen LogP contribution in [0.1, 0.15) is 16.1 Å². The molecule has 0 radical (unpaired) electrons. The maximum absolute atomic E-state index is 8.57. The smallest absolute Gasteiger partial charge is 0.158 e. The van der Waals surface area contributed by atoms with E-state index in [9.17, 15) is 0 Å². The van der Waals surface area contributed by atoms with E-state index < -0.39 is 0 Å². The van der Waals surface area contributed by atoms with Crippen LogP contribution in [0.25, 0.3) is 0 Å². The van der Waals surface area contributed by atoms with E-state index in [2.05, 4.69) is 33.7 Å². The summed E-state index contributed by atoms with van der Waals surface area (Å²) in [5.41, 5.74) is 1.61. The highest BCUT2D eigenvalue weighted by Gasteiger charge is 2.00. The van der Waals surface area contributed by atoms with Gasteiger partial charge in [-0.1, -0.05) is 0 Å². The standard InChI is InChI=1S/C11H10N4S/c1-8-2-3-16-10(8)6-15-11-7-13-9(4-12)5-14-11/h2-3,5,7H,6H2,1H3,(H,14,15). The van der Waals surface area contributed by atoms with Gasteiger partial charge < -0.3 is 5.32 Å². The summed E-state index contributed by atoms with van der Waals surface area (Å²) in [5.74, 6) is 0.687. The van der Waals surface area contributed by atoms with E-state index in [0.29, 0.717) is 11.5 Å². The third-order valence-corrected chi connectivity index (χ3v) is 3.19. The molecule has 0 aliphatic carbocycles. The Hall–Kier alpha value is -1.93. The average molecular weight is 230 g/mol. The monoisotopic (exact) mass is 230 g/mol. The van der Waals surface area contributed by atoms with Crippen molar-refractivity contribution in [2.24, 2.45) is 0 Å². The number of thiophene rings is 1. The van der Waals surface area contributed by atoms with Gasteiger partial charge >= 0.3 is 0 Å². The molecule has 0 aliphatic heterocycles. The van der Waals surface area contributed by atoms with Crippen LogP contribution in [-0.4, -0.2) is 9.97 Å². The fourth-order valence-electron chi connectivity index (χ4n) is 1.23. The Morgan fingerprint density at radius 3 is 2.88 bits per heavy atom. The molecular formula is C11H10N4S. The molecule has 80 valence electrons. The van der Waals surface area contributed by atoms with Gasteiger partial charge in [0.25, 0.3) is 0 Å². The van der Waals surface area contributed by atoms with Crippen LogP contribution in [0, 0.1) is 18.3 Å². The molecule has 5 heteroatoms. The first-order valence-corrected chi connectivity index (χ1v) is 5.66. The molecular weight excluding hydrogens is 220 g/mol. The Morgan fingerprint density at radius 1 is 1.44 bits per heavy atom. The second kappa shape index (κ2) is 4.73. The number of aryl methyl sites for hydroxylation is 1. The Labute approximate surface area is 97.6 Å². The fraction of sp³-hybridized carbons (Fsp3) is 0.182. The summed E-state index contributed by atoms with van der Waals surface area (Å²) in [6.07, 6.45) is 3.03.